The number of benzene rings is 9. The van der Waals surface area contributed by atoms with Crippen LogP contribution < -0.4 is 10.2 Å². The molecule has 1 atom stereocenters. The standard InChI is InChI=1S/C58H43N5/c1-2-55-59-53-28-11-12-29-54(53)63(55)46-36-34-41(35-37-46)47-22-9-10-23-49(47)51-27-15-25-50-48(24-14-26-52(50)51)44-20-13-21-45(38-44)58-61-56(42-18-7-4-8-19-42)60-57(62-58)43-32-30-40(31-33-43)39-16-5-3-6-17-39/h3-38,55,59H,2H2,1H3. The van der Waals surface area contributed by atoms with Crippen LogP contribution in [-0.2, 0) is 0 Å². The van der Waals surface area contributed by atoms with E-state index in [-0.39, 0.29) is 6.17 Å². The van der Waals surface area contributed by atoms with Crippen LogP contribution in [0.1, 0.15) is 13.3 Å². The Labute approximate surface area is 368 Å². The first-order valence-corrected chi connectivity index (χ1v) is 21.6. The molecule has 1 aliphatic heterocycles. The molecule has 11 rings (SSSR count). The zero-order valence-corrected chi connectivity index (χ0v) is 34.9. The van der Waals surface area contributed by atoms with Gasteiger partial charge < -0.3 is 10.2 Å². The first-order chi connectivity index (χ1) is 31.2. The predicted molar refractivity (Wildman–Crippen MR) is 262 cm³/mol. The fraction of sp³-hybridized carbons (Fsp3) is 0.0517. The molecule has 0 aliphatic carbocycles. The molecule has 63 heavy (non-hydrogen) atoms. The van der Waals surface area contributed by atoms with Crippen molar-refractivity contribution in [1.82, 2.24) is 15.0 Å². The van der Waals surface area contributed by atoms with Crippen LogP contribution in [0.15, 0.2) is 218 Å². The molecule has 1 N–H and O–H groups in total. The van der Waals surface area contributed by atoms with Gasteiger partial charge in [-0.05, 0) is 92.0 Å². The fourth-order valence-electron chi connectivity index (χ4n) is 9.01. The summed E-state index contributed by atoms with van der Waals surface area (Å²) < 4.78 is 0. The van der Waals surface area contributed by atoms with Gasteiger partial charge in [-0.2, -0.15) is 0 Å². The number of rotatable bonds is 9. The molecule has 9 aromatic carbocycles. The number of hydrogen-bond acceptors (Lipinski definition) is 5. The maximum atomic E-state index is 5.11. The van der Waals surface area contributed by atoms with Crippen molar-refractivity contribution in [1.29, 1.82) is 0 Å². The average Bonchev–Trinajstić information content (AvgIpc) is 3.75. The quantitative estimate of drug-likeness (QED) is 0.157. The van der Waals surface area contributed by atoms with Crippen LogP contribution in [0, 0.1) is 0 Å². The van der Waals surface area contributed by atoms with Crippen molar-refractivity contribution in [3.05, 3.63) is 218 Å². The number of fused-ring (bicyclic) bond motifs is 2. The zero-order chi connectivity index (χ0) is 42.1. The maximum absolute atomic E-state index is 5.11. The van der Waals surface area contributed by atoms with Crippen molar-refractivity contribution in [2.75, 3.05) is 10.2 Å². The Bertz CT molecular complexity index is 3240. The van der Waals surface area contributed by atoms with E-state index in [1.54, 1.807) is 0 Å². The molecule has 0 saturated heterocycles. The maximum Gasteiger partial charge on any atom is 0.164 e. The van der Waals surface area contributed by atoms with Crippen LogP contribution >= 0.6 is 0 Å². The first-order valence-electron chi connectivity index (χ1n) is 21.6. The molecule has 300 valence electrons. The summed E-state index contributed by atoms with van der Waals surface area (Å²) in [5.41, 5.74) is 15.7. The lowest BCUT2D eigenvalue weighted by molar-refractivity contribution is 0.728. The van der Waals surface area contributed by atoms with Crippen LogP contribution in [0.2, 0.25) is 0 Å². The SMILES string of the molecule is CCC1Nc2ccccc2N1c1ccc(-c2ccccc2-c2cccc3c(-c4cccc(-c5nc(-c6ccccc6)nc(-c6ccc(-c7ccccc7)cc6)n5)c4)cccc23)cc1. The number of hydrogen-bond donors (Lipinski definition) is 1. The Morgan fingerprint density at radius 1 is 0.381 bits per heavy atom. The van der Waals surface area contributed by atoms with E-state index in [4.69, 9.17) is 15.0 Å². The summed E-state index contributed by atoms with van der Waals surface area (Å²) >= 11 is 0. The third-order valence-electron chi connectivity index (χ3n) is 12.1. The summed E-state index contributed by atoms with van der Waals surface area (Å²) in [4.78, 5) is 17.6. The normalized spacial score (nSPS) is 13.2. The van der Waals surface area contributed by atoms with Gasteiger partial charge in [0.2, 0.25) is 0 Å². The van der Waals surface area contributed by atoms with Crippen LogP contribution in [0.4, 0.5) is 17.1 Å². The lowest BCUT2D eigenvalue weighted by atomic mass is 9.89. The minimum atomic E-state index is 0.219. The van der Waals surface area contributed by atoms with Gasteiger partial charge in [-0.15, -0.1) is 0 Å². The van der Waals surface area contributed by atoms with Gasteiger partial charge in [0.1, 0.15) is 6.17 Å². The van der Waals surface area contributed by atoms with Gasteiger partial charge in [0.05, 0.1) is 11.4 Å². The van der Waals surface area contributed by atoms with Gasteiger partial charge in [0.15, 0.2) is 17.5 Å². The van der Waals surface area contributed by atoms with Crippen LogP contribution in [0.25, 0.3) is 89.4 Å². The highest BCUT2D eigenvalue weighted by molar-refractivity contribution is 6.06. The van der Waals surface area contributed by atoms with Gasteiger partial charge >= 0.3 is 0 Å². The monoisotopic (exact) mass is 809 g/mol. The van der Waals surface area contributed by atoms with Crippen molar-refractivity contribution in [2.45, 2.75) is 19.5 Å². The first kappa shape index (κ1) is 37.8. The Balaban J connectivity index is 0.954. The number of nitrogens with one attached hydrogen (secondary N) is 1. The molecule has 5 heteroatoms. The van der Waals surface area contributed by atoms with E-state index in [9.17, 15) is 0 Å². The van der Waals surface area contributed by atoms with Gasteiger partial charge in [0.25, 0.3) is 0 Å². The smallest absolute Gasteiger partial charge is 0.164 e. The molecule has 5 nitrogen and oxygen atoms in total. The van der Waals surface area contributed by atoms with E-state index >= 15 is 0 Å². The number of anilines is 3. The van der Waals surface area contributed by atoms with Crippen molar-refractivity contribution in [3.63, 3.8) is 0 Å². The average molecular weight is 810 g/mol. The van der Waals surface area contributed by atoms with E-state index in [2.05, 4.69) is 199 Å². The molecule has 0 radical (unpaired) electrons. The van der Waals surface area contributed by atoms with Crippen LogP contribution in [-0.4, -0.2) is 21.1 Å². The summed E-state index contributed by atoms with van der Waals surface area (Å²) in [6.07, 6.45) is 1.21. The van der Waals surface area contributed by atoms with Gasteiger partial charge in [-0.1, -0.05) is 195 Å². The second-order valence-corrected chi connectivity index (χ2v) is 16.0. The lowest BCUT2D eigenvalue weighted by Crippen LogP contribution is -2.30. The predicted octanol–water partition coefficient (Wildman–Crippen LogP) is 15.0. The largest absolute Gasteiger partial charge is 0.363 e. The molecule has 10 aromatic rings. The third kappa shape index (κ3) is 7.19. The molecular formula is C58H43N5. The second kappa shape index (κ2) is 16.4. The summed E-state index contributed by atoms with van der Waals surface area (Å²) in [6, 6.07) is 77.3. The number of aromatic nitrogens is 3. The van der Waals surface area contributed by atoms with Crippen molar-refractivity contribution < 1.29 is 0 Å². The molecule has 0 saturated carbocycles. The molecule has 0 spiro atoms. The summed E-state index contributed by atoms with van der Waals surface area (Å²) in [6.45, 7) is 2.23. The van der Waals surface area contributed by atoms with Gasteiger partial charge in [0, 0.05) is 22.4 Å². The van der Waals surface area contributed by atoms with E-state index < -0.39 is 0 Å². The van der Waals surface area contributed by atoms with Crippen LogP contribution in [0.3, 0.4) is 0 Å². The third-order valence-corrected chi connectivity index (χ3v) is 12.1. The fourth-order valence-corrected chi connectivity index (χ4v) is 9.01. The topological polar surface area (TPSA) is 53.9 Å². The second-order valence-electron chi connectivity index (χ2n) is 16.0. The van der Waals surface area contributed by atoms with Gasteiger partial charge in [-0.3, -0.25) is 0 Å². The Kier molecular flexibility index (Phi) is 9.83. The summed E-state index contributed by atoms with van der Waals surface area (Å²) in [7, 11) is 0. The molecule has 1 aliphatic rings. The molecule has 1 unspecified atom stereocenters. The van der Waals surface area contributed by atoms with Crippen LogP contribution in [0.5, 0.6) is 0 Å². The molecular weight excluding hydrogens is 767 g/mol. The Morgan fingerprint density at radius 3 is 1.57 bits per heavy atom. The minimum Gasteiger partial charge on any atom is -0.363 e. The minimum absolute atomic E-state index is 0.219. The molecule has 0 amide bonds. The summed E-state index contributed by atoms with van der Waals surface area (Å²) in [5.74, 6) is 1.90. The highest BCUT2D eigenvalue weighted by Gasteiger charge is 2.28. The number of para-hydroxylation sites is 2. The number of nitrogens with zero attached hydrogens (tertiary/aromatic N) is 4. The van der Waals surface area contributed by atoms with E-state index in [1.165, 1.54) is 55.7 Å². The molecule has 2 heterocycles. The molecule has 0 bridgehead atoms. The highest BCUT2D eigenvalue weighted by atomic mass is 15.3. The molecule has 0 fully saturated rings. The molecule has 1 aromatic heterocycles. The highest BCUT2D eigenvalue weighted by Crippen LogP contribution is 2.43. The van der Waals surface area contributed by atoms with Crippen molar-refractivity contribution in [2.24, 2.45) is 0 Å². The van der Waals surface area contributed by atoms with E-state index in [1.807, 2.05) is 36.4 Å². The Hall–Kier alpha value is -8.15. The lowest BCUT2D eigenvalue weighted by Gasteiger charge is -2.26. The van der Waals surface area contributed by atoms with E-state index in [0.29, 0.717) is 17.5 Å². The summed E-state index contributed by atoms with van der Waals surface area (Å²) in [5, 5.41) is 6.07. The van der Waals surface area contributed by atoms with Crippen molar-refractivity contribution >= 4 is 27.8 Å². The van der Waals surface area contributed by atoms with Crippen molar-refractivity contribution in [3.8, 4) is 78.7 Å². The van der Waals surface area contributed by atoms with E-state index in [0.717, 1.165) is 39.8 Å². The zero-order valence-electron chi connectivity index (χ0n) is 34.9. The van der Waals surface area contributed by atoms with Gasteiger partial charge in [-0.25, -0.2) is 15.0 Å². The Morgan fingerprint density at radius 2 is 0.857 bits per heavy atom.